The summed E-state index contributed by atoms with van der Waals surface area (Å²) < 4.78 is 0. The molecular formula is C12H20N4. The van der Waals surface area contributed by atoms with Gasteiger partial charge in [0.1, 0.15) is 0 Å². The molecule has 1 atom stereocenters. The van der Waals surface area contributed by atoms with E-state index in [1.807, 2.05) is 0 Å². The van der Waals surface area contributed by atoms with Crippen molar-refractivity contribution in [2.75, 3.05) is 11.1 Å². The first-order valence-corrected chi connectivity index (χ1v) is 5.89. The molecule has 88 valence electrons. The fourth-order valence-corrected chi connectivity index (χ4v) is 2.42. The minimum atomic E-state index is 0.434. The minimum Gasteiger partial charge on any atom is -0.396 e. The van der Waals surface area contributed by atoms with Crippen LogP contribution in [0.5, 0.6) is 0 Å². The fraction of sp³-hybridized carbons (Fsp3) is 0.667. The number of nitrogen functional groups attached to an aromatic ring is 1. The Morgan fingerprint density at radius 2 is 2.06 bits per heavy atom. The van der Waals surface area contributed by atoms with Crippen LogP contribution in [-0.2, 0) is 0 Å². The summed E-state index contributed by atoms with van der Waals surface area (Å²) in [5, 5.41) is 3.39. The van der Waals surface area contributed by atoms with E-state index in [2.05, 4.69) is 29.1 Å². The molecule has 1 saturated carbocycles. The maximum absolute atomic E-state index is 5.55. The summed E-state index contributed by atoms with van der Waals surface area (Å²) in [6, 6.07) is 0.493. The molecule has 1 aliphatic rings. The molecule has 0 saturated heterocycles. The zero-order chi connectivity index (χ0) is 11.6. The molecule has 0 aliphatic heterocycles. The molecule has 4 nitrogen and oxygen atoms in total. The van der Waals surface area contributed by atoms with Gasteiger partial charge in [0.2, 0.25) is 5.95 Å². The van der Waals surface area contributed by atoms with Gasteiger partial charge >= 0.3 is 0 Å². The third-order valence-electron chi connectivity index (χ3n) is 3.21. The maximum Gasteiger partial charge on any atom is 0.222 e. The summed E-state index contributed by atoms with van der Waals surface area (Å²) >= 11 is 0. The highest BCUT2D eigenvalue weighted by molar-refractivity contribution is 5.36. The van der Waals surface area contributed by atoms with Crippen LogP contribution in [0.15, 0.2) is 12.4 Å². The summed E-state index contributed by atoms with van der Waals surface area (Å²) in [4.78, 5) is 8.35. The first kappa shape index (κ1) is 11.2. The number of rotatable bonds is 2. The van der Waals surface area contributed by atoms with E-state index < -0.39 is 0 Å². The largest absolute Gasteiger partial charge is 0.396 e. The van der Waals surface area contributed by atoms with E-state index in [-0.39, 0.29) is 0 Å². The van der Waals surface area contributed by atoms with E-state index in [0.29, 0.717) is 23.1 Å². The van der Waals surface area contributed by atoms with Crippen molar-refractivity contribution in [2.45, 2.75) is 45.6 Å². The second-order valence-electron chi connectivity index (χ2n) is 5.44. The molecule has 16 heavy (non-hydrogen) atoms. The zero-order valence-corrected chi connectivity index (χ0v) is 10.0. The van der Waals surface area contributed by atoms with E-state index >= 15 is 0 Å². The van der Waals surface area contributed by atoms with Crippen LogP contribution in [-0.4, -0.2) is 16.0 Å². The second-order valence-corrected chi connectivity index (χ2v) is 5.44. The van der Waals surface area contributed by atoms with Crippen molar-refractivity contribution in [3.8, 4) is 0 Å². The molecule has 1 heterocycles. The van der Waals surface area contributed by atoms with Crippen LogP contribution in [0.2, 0.25) is 0 Å². The molecule has 1 unspecified atom stereocenters. The van der Waals surface area contributed by atoms with Crippen LogP contribution in [0, 0.1) is 5.41 Å². The minimum absolute atomic E-state index is 0.434. The lowest BCUT2D eigenvalue weighted by Gasteiger charge is -2.35. The van der Waals surface area contributed by atoms with E-state index in [4.69, 9.17) is 5.73 Å². The topological polar surface area (TPSA) is 63.8 Å². The Morgan fingerprint density at radius 3 is 2.69 bits per heavy atom. The molecule has 2 rings (SSSR count). The van der Waals surface area contributed by atoms with Crippen molar-refractivity contribution < 1.29 is 0 Å². The Balaban J connectivity index is 1.97. The van der Waals surface area contributed by atoms with Crippen molar-refractivity contribution in [3.63, 3.8) is 0 Å². The lowest BCUT2D eigenvalue weighted by atomic mass is 9.75. The number of nitrogens with zero attached hydrogens (tertiary/aromatic N) is 2. The Labute approximate surface area is 96.7 Å². The Kier molecular flexibility index (Phi) is 2.99. The van der Waals surface area contributed by atoms with Gasteiger partial charge in [0.25, 0.3) is 0 Å². The number of nitrogens with one attached hydrogen (secondary N) is 1. The van der Waals surface area contributed by atoms with Crippen LogP contribution >= 0.6 is 0 Å². The lowest BCUT2D eigenvalue weighted by molar-refractivity contribution is 0.229. The van der Waals surface area contributed by atoms with E-state index in [0.717, 1.165) is 0 Å². The van der Waals surface area contributed by atoms with Crippen LogP contribution in [0.4, 0.5) is 11.6 Å². The molecule has 0 spiro atoms. The SMILES string of the molecule is CC1(C)CCCC(Nc2ncc(N)cn2)C1. The van der Waals surface area contributed by atoms with Crippen LogP contribution in [0.25, 0.3) is 0 Å². The predicted octanol–water partition coefficient (Wildman–Crippen LogP) is 2.44. The smallest absolute Gasteiger partial charge is 0.222 e. The van der Waals surface area contributed by atoms with Crippen molar-refractivity contribution in [3.05, 3.63) is 12.4 Å². The normalized spacial score (nSPS) is 24.0. The molecule has 0 aromatic carbocycles. The first-order valence-electron chi connectivity index (χ1n) is 5.89. The average Bonchev–Trinajstić information content (AvgIpc) is 2.20. The lowest BCUT2D eigenvalue weighted by Crippen LogP contribution is -2.32. The van der Waals surface area contributed by atoms with Crippen LogP contribution < -0.4 is 11.1 Å². The van der Waals surface area contributed by atoms with Gasteiger partial charge in [-0.3, -0.25) is 0 Å². The summed E-state index contributed by atoms with van der Waals surface area (Å²) in [6.07, 6.45) is 8.26. The number of aromatic nitrogens is 2. The molecule has 1 fully saturated rings. The summed E-state index contributed by atoms with van der Waals surface area (Å²) in [6.45, 7) is 4.65. The predicted molar refractivity (Wildman–Crippen MR) is 66.1 cm³/mol. The zero-order valence-electron chi connectivity index (χ0n) is 10.0. The quantitative estimate of drug-likeness (QED) is 0.803. The monoisotopic (exact) mass is 220 g/mol. The Morgan fingerprint density at radius 1 is 1.38 bits per heavy atom. The Hall–Kier alpha value is -1.32. The van der Waals surface area contributed by atoms with Gasteiger partial charge in [-0.05, 0) is 24.7 Å². The van der Waals surface area contributed by atoms with Gasteiger partial charge in [-0.1, -0.05) is 20.3 Å². The number of hydrogen-bond donors (Lipinski definition) is 2. The van der Waals surface area contributed by atoms with Crippen LogP contribution in [0.1, 0.15) is 39.5 Å². The number of nitrogens with two attached hydrogens (primary N) is 1. The number of hydrogen-bond acceptors (Lipinski definition) is 4. The summed E-state index contributed by atoms with van der Waals surface area (Å²) in [5.74, 6) is 0.692. The highest BCUT2D eigenvalue weighted by Crippen LogP contribution is 2.35. The Bertz CT molecular complexity index is 345. The van der Waals surface area contributed by atoms with Crippen molar-refractivity contribution >= 4 is 11.6 Å². The molecule has 1 aromatic rings. The van der Waals surface area contributed by atoms with E-state index in [1.165, 1.54) is 25.7 Å². The molecule has 0 amide bonds. The van der Waals surface area contributed by atoms with Gasteiger partial charge in [0, 0.05) is 6.04 Å². The molecule has 4 heteroatoms. The second kappa shape index (κ2) is 4.28. The highest BCUT2D eigenvalue weighted by Gasteiger charge is 2.28. The van der Waals surface area contributed by atoms with Crippen LogP contribution in [0.3, 0.4) is 0 Å². The van der Waals surface area contributed by atoms with Gasteiger partial charge in [-0.2, -0.15) is 0 Å². The first-order chi connectivity index (χ1) is 7.55. The molecule has 1 aromatic heterocycles. The average molecular weight is 220 g/mol. The summed E-state index contributed by atoms with van der Waals surface area (Å²) in [5.41, 5.74) is 6.59. The van der Waals surface area contributed by atoms with Crippen molar-refractivity contribution in [2.24, 2.45) is 5.41 Å². The molecular weight excluding hydrogens is 200 g/mol. The summed E-state index contributed by atoms with van der Waals surface area (Å²) in [7, 11) is 0. The maximum atomic E-state index is 5.55. The molecule has 3 N–H and O–H groups in total. The van der Waals surface area contributed by atoms with Gasteiger partial charge in [-0.15, -0.1) is 0 Å². The van der Waals surface area contributed by atoms with Crippen molar-refractivity contribution in [1.29, 1.82) is 0 Å². The molecule has 1 aliphatic carbocycles. The standard InChI is InChI=1S/C12H20N4/c1-12(2)5-3-4-10(6-12)16-11-14-7-9(13)8-15-11/h7-8,10H,3-6,13H2,1-2H3,(H,14,15,16). The third-order valence-corrected chi connectivity index (χ3v) is 3.21. The van der Waals surface area contributed by atoms with E-state index in [9.17, 15) is 0 Å². The number of anilines is 2. The van der Waals surface area contributed by atoms with Gasteiger partial charge in [-0.25, -0.2) is 9.97 Å². The van der Waals surface area contributed by atoms with Gasteiger partial charge in [0.05, 0.1) is 18.1 Å². The molecule has 0 radical (unpaired) electrons. The van der Waals surface area contributed by atoms with Crippen molar-refractivity contribution in [1.82, 2.24) is 9.97 Å². The molecule has 0 bridgehead atoms. The van der Waals surface area contributed by atoms with Gasteiger partial charge in [0.15, 0.2) is 0 Å². The highest BCUT2D eigenvalue weighted by atomic mass is 15.1. The van der Waals surface area contributed by atoms with E-state index in [1.54, 1.807) is 12.4 Å². The fourth-order valence-electron chi connectivity index (χ4n) is 2.42. The van der Waals surface area contributed by atoms with Gasteiger partial charge < -0.3 is 11.1 Å². The third kappa shape index (κ3) is 2.84.